The number of hydrogen-bond donors (Lipinski definition) is 0. The zero-order chi connectivity index (χ0) is 18.7. The van der Waals surface area contributed by atoms with Crippen molar-refractivity contribution in [2.75, 3.05) is 18.1 Å². The summed E-state index contributed by atoms with van der Waals surface area (Å²) in [4.78, 5) is 11.1. The van der Waals surface area contributed by atoms with Crippen molar-refractivity contribution in [2.45, 2.75) is 20.8 Å². The van der Waals surface area contributed by atoms with Gasteiger partial charge in [0.15, 0.2) is 0 Å². The number of fused-ring (bicyclic) bond motifs is 1. The Morgan fingerprint density at radius 2 is 1.46 bits per heavy atom. The van der Waals surface area contributed by atoms with E-state index in [-0.39, 0.29) is 10.6 Å². The van der Waals surface area contributed by atoms with Crippen molar-refractivity contribution in [1.29, 1.82) is 0 Å². The van der Waals surface area contributed by atoms with Crippen LogP contribution in [0.3, 0.4) is 0 Å². The number of aryl methyl sites for hydroxylation is 1. The summed E-state index contributed by atoms with van der Waals surface area (Å²) in [6, 6.07) is 19.2. The Balaban J connectivity index is 2.30. The molecule has 0 aliphatic heterocycles. The minimum absolute atomic E-state index is 0.133. The smallest absolute Gasteiger partial charge is 0.274 e. The Morgan fingerprint density at radius 1 is 0.846 bits per heavy atom. The molecule has 3 rings (SSSR count). The van der Waals surface area contributed by atoms with Gasteiger partial charge >= 0.3 is 0 Å². The zero-order valence-corrected chi connectivity index (χ0v) is 15.3. The fourth-order valence-corrected chi connectivity index (χ4v) is 3.35. The quantitative estimate of drug-likeness (QED) is 0.438. The number of hydrogen-bond acceptors (Lipinski definition) is 4. The molecule has 0 aliphatic carbocycles. The van der Waals surface area contributed by atoms with Gasteiger partial charge in [0.1, 0.15) is 0 Å². The lowest BCUT2D eigenvalue weighted by atomic mass is 10.1. The van der Waals surface area contributed by atoms with E-state index in [1.54, 1.807) is 6.07 Å². The van der Waals surface area contributed by atoms with Crippen LogP contribution in [-0.4, -0.2) is 23.0 Å². The molecule has 3 aromatic rings. The highest BCUT2D eigenvalue weighted by Crippen LogP contribution is 2.38. The highest BCUT2D eigenvalue weighted by molar-refractivity contribution is 6.01. The maximum absolute atomic E-state index is 11.4. The molecule has 0 N–H and O–H groups in total. The Bertz CT molecular complexity index is 935. The largest absolute Gasteiger partial charge is 0.277 e. The highest BCUT2D eigenvalue weighted by atomic mass is 16.6. The normalized spacial score (nSPS) is 11.1. The second kappa shape index (κ2) is 7.54. The first-order valence-corrected chi connectivity index (χ1v) is 8.85. The van der Waals surface area contributed by atoms with Crippen molar-refractivity contribution < 1.29 is 4.92 Å². The summed E-state index contributed by atoms with van der Waals surface area (Å²) >= 11 is 0. The monoisotopic (exact) mass is 349 g/mol. The zero-order valence-electron chi connectivity index (χ0n) is 15.3. The van der Waals surface area contributed by atoms with Crippen molar-refractivity contribution in [3.63, 3.8) is 0 Å². The van der Waals surface area contributed by atoms with Crippen LogP contribution >= 0.6 is 0 Å². The molecule has 0 unspecified atom stereocenters. The average Bonchev–Trinajstić information content (AvgIpc) is 2.66. The van der Waals surface area contributed by atoms with E-state index in [0.717, 1.165) is 35.4 Å². The van der Waals surface area contributed by atoms with Crippen molar-refractivity contribution >= 4 is 27.8 Å². The second-order valence-corrected chi connectivity index (χ2v) is 6.14. The molecule has 0 amide bonds. The molecule has 134 valence electrons. The van der Waals surface area contributed by atoms with Gasteiger partial charge in [0.05, 0.1) is 21.7 Å². The molecule has 26 heavy (non-hydrogen) atoms. The predicted molar refractivity (Wildman–Crippen MR) is 107 cm³/mol. The van der Waals surface area contributed by atoms with Crippen LogP contribution in [0.1, 0.15) is 19.4 Å². The highest BCUT2D eigenvalue weighted by Gasteiger charge is 2.22. The third-order valence-electron chi connectivity index (χ3n) is 4.66. The van der Waals surface area contributed by atoms with Crippen LogP contribution in [0.4, 0.5) is 17.1 Å². The number of non-ortho nitro benzene ring substituents is 1. The number of benzene rings is 3. The van der Waals surface area contributed by atoms with Gasteiger partial charge in [-0.05, 0) is 30.7 Å². The van der Waals surface area contributed by atoms with Gasteiger partial charge in [-0.25, -0.2) is 5.01 Å². The van der Waals surface area contributed by atoms with E-state index in [9.17, 15) is 10.1 Å². The minimum atomic E-state index is -0.318. The number of nitrogens with zero attached hydrogens (tertiary/aromatic N) is 3. The molecule has 0 bridgehead atoms. The molecule has 0 saturated heterocycles. The third-order valence-corrected chi connectivity index (χ3v) is 4.66. The van der Waals surface area contributed by atoms with E-state index < -0.39 is 0 Å². The van der Waals surface area contributed by atoms with Gasteiger partial charge in [-0.2, -0.15) is 0 Å². The molecule has 5 heteroatoms. The minimum Gasteiger partial charge on any atom is -0.274 e. The Hall–Kier alpha value is -2.92. The average molecular weight is 349 g/mol. The Labute approximate surface area is 153 Å². The maximum atomic E-state index is 11.4. The fraction of sp³-hybridized carbons (Fsp3) is 0.238. The van der Waals surface area contributed by atoms with E-state index in [4.69, 9.17) is 0 Å². The standard InChI is InChI=1S/C21H23N3O2/c1-4-22(5-2)23(19-13-9-6-10-16(19)3)20-14-15-21(24(25)26)18-12-8-7-11-17(18)20/h6-15H,4-5H2,1-3H3. The summed E-state index contributed by atoms with van der Waals surface area (Å²) in [5, 5.41) is 17.4. The number of nitro groups is 1. The van der Waals surface area contributed by atoms with Crippen LogP contribution in [0.25, 0.3) is 10.8 Å². The van der Waals surface area contributed by atoms with E-state index in [1.807, 2.05) is 42.5 Å². The van der Waals surface area contributed by atoms with E-state index in [0.29, 0.717) is 5.39 Å². The lowest BCUT2D eigenvalue weighted by molar-refractivity contribution is -0.383. The Kier molecular flexibility index (Phi) is 5.19. The summed E-state index contributed by atoms with van der Waals surface area (Å²) in [5.41, 5.74) is 3.31. The van der Waals surface area contributed by atoms with Gasteiger partial charge in [-0.1, -0.05) is 50.2 Å². The first-order chi connectivity index (χ1) is 12.6. The molecule has 5 nitrogen and oxygen atoms in total. The molecule has 0 heterocycles. The molecule has 0 radical (unpaired) electrons. The molecule has 0 aromatic heterocycles. The van der Waals surface area contributed by atoms with Gasteiger partial charge in [-0.3, -0.25) is 15.1 Å². The lowest BCUT2D eigenvalue weighted by Gasteiger charge is -2.37. The van der Waals surface area contributed by atoms with Gasteiger partial charge in [-0.15, -0.1) is 0 Å². The van der Waals surface area contributed by atoms with E-state index in [1.165, 1.54) is 0 Å². The van der Waals surface area contributed by atoms with Gasteiger partial charge in [0, 0.05) is 24.5 Å². The van der Waals surface area contributed by atoms with Crippen LogP contribution in [0.15, 0.2) is 60.7 Å². The molecular formula is C21H23N3O2. The van der Waals surface area contributed by atoms with Crippen LogP contribution in [-0.2, 0) is 0 Å². The van der Waals surface area contributed by atoms with Crippen molar-refractivity contribution in [2.24, 2.45) is 0 Å². The second-order valence-electron chi connectivity index (χ2n) is 6.14. The predicted octanol–water partition coefficient (Wildman–Crippen LogP) is 5.45. The van der Waals surface area contributed by atoms with Crippen molar-refractivity contribution in [1.82, 2.24) is 5.01 Å². The summed E-state index contributed by atoms with van der Waals surface area (Å²) in [7, 11) is 0. The van der Waals surface area contributed by atoms with Crippen molar-refractivity contribution in [3.8, 4) is 0 Å². The summed E-state index contributed by atoms with van der Waals surface area (Å²) < 4.78 is 0. The van der Waals surface area contributed by atoms with Gasteiger partial charge < -0.3 is 0 Å². The molecule has 0 fully saturated rings. The number of para-hydroxylation sites is 1. The molecule has 0 atom stereocenters. The summed E-state index contributed by atoms with van der Waals surface area (Å²) in [5.74, 6) is 0. The van der Waals surface area contributed by atoms with Crippen LogP contribution in [0.5, 0.6) is 0 Å². The van der Waals surface area contributed by atoms with E-state index in [2.05, 4.69) is 42.9 Å². The van der Waals surface area contributed by atoms with Crippen LogP contribution < -0.4 is 5.01 Å². The number of anilines is 2. The van der Waals surface area contributed by atoms with Gasteiger partial charge in [0.2, 0.25) is 0 Å². The summed E-state index contributed by atoms with van der Waals surface area (Å²) in [6.45, 7) is 7.97. The lowest BCUT2D eigenvalue weighted by Crippen LogP contribution is -2.39. The molecule has 0 spiro atoms. The number of rotatable bonds is 6. The van der Waals surface area contributed by atoms with Gasteiger partial charge in [0.25, 0.3) is 5.69 Å². The van der Waals surface area contributed by atoms with E-state index >= 15 is 0 Å². The molecule has 0 aliphatic rings. The third kappa shape index (κ3) is 3.13. The van der Waals surface area contributed by atoms with Crippen LogP contribution in [0, 0.1) is 17.0 Å². The topological polar surface area (TPSA) is 49.6 Å². The van der Waals surface area contributed by atoms with Crippen LogP contribution in [0.2, 0.25) is 0 Å². The van der Waals surface area contributed by atoms with Crippen molar-refractivity contribution in [3.05, 3.63) is 76.3 Å². The molecular weight excluding hydrogens is 326 g/mol. The number of hydrazine groups is 1. The number of nitro benzene ring substituents is 1. The first kappa shape index (κ1) is 17.9. The summed E-state index contributed by atoms with van der Waals surface area (Å²) in [6.07, 6.45) is 0. The maximum Gasteiger partial charge on any atom is 0.277 e. The fourth-order valence-electron chi connectivity index (χ4n) is 3.35. The SMILES string of the molecule is CCN(CC)N(c1ccccc1C)c1ccc([N+](=O)[O-])c2ccccc12. The Morgan fingerprint density at radius 3 is 2.08 bits per heavy atom. The first-order valence-electron chi connectivity index (χ1n) is 8.85. The molecule has 3 aromatic carbocycles. The molecule has 0 saturated carbocycles.